The minimum Gasteiger partial charge on any atom is -0.427 e. The van der Waals surface area contributed by atoms with E-state index in [-0.39, 0.29) is 5.41 Å². The van der Waals surface area contributed by atoms with Crippen LogP contribution in [0.1, 0.15) is 58.2 Å². The van der Waals surface area contributed by atoms with E-state index in [9.17, 15) is 10.4 Å². The molecule has 4 heteroatoms. The van der Waals surface area contributed by atoms with Crippen molar-refractivity contribution in [3.05, 3.63) is 53.1 Å². The Kier molecular flexibility index (Phi) is 4.30. The predicted molar refractivity (Wildman–Crippen MR) is 106 cm³/mol. The van der Waals surface area contributed by atoms with Crippen LogP contribution in [-0.4, -0.2) is 23.8 Å². The topological polar surface area (TPSA) is 53.2 Å². The molecule has 2 aromatic rings. The Morgan fingerprint density at radius 2 is 1.58 bits per heavy atom. The van der Waals surface area contributed by atoms with Gasteiger partial charge in [-0.1, -0.05) is 43.6 Å². The first kappa shape index (κ1) is 18.7. The van der Waals surface area contributed by atoms with Gasteiger partial charge in [0.1, 0.15) is 0 Å². The van der Waals surface area contributed by atoms with Crippen molar-refractivity contribution in [1.29, 1.82) is 5.26 Å². The number of fused-ring (bicyclic) bond motifs is 3. The summed E-state index contributed by atoms with van der Waals surface area (Å²) in [5.41, 5.74) is 4.61. The minimum absolute atomic E-state index is 0.173. The summed E-state index contributed by atoms with van der Waals surface area (Å²) in [7, 11) is 1.72. The predicted octanol–water partition coefficient (Wildman–Crippen LogP) is 3.68. The second kappa shape index (κ2) is 5.98. The van der Waals surface area contributed by atoms with Crippen molar-refractivity contribution >= 4 is 12.9 Å². The molecule has 1 aliphatic carbocycles. The highest BCUT2D eigenvalue weighted by Crippen LogP contribution is 2.48. The van der Waals surface area contributed by atoms with Crippen LogP contribution in [0.2, 0.25) is 0 Å². The lowest BCUT2D eigenvalue weighted by atomic mass is 9.77. The Balaban J connectivity index is 1.94. The van der Waals surface area contributed by atoms with Gasteiger partial charge in [-0.15, -0.1) is 0 Å². The summed E-state index contributed by atoms with van der Waals surface area (Å²) in [6.07, 6.45) is 0. The number of hydrogen-bond acceptors (Lipinski definition) is 3. The van der Waals surface area contributed by atoms with E-state index in [0.29, 0.717) is 5.56 Å². The van der Waals surface area contributed by atoms with Gasteiger partial charge in [-0.3, -0.25) is 0 Å². The van der Waals surface area contributed by atoms with Crippen molar-refractivity contribution < 1.29 is 9.76 Å². The van der Waals surface area contributed by atoms with E-state index >= 15 is 0 Å². The number of benzene rings is 2. The highest BCUT2D eigenvalue weighted by molar-refractivity contribution is 6.47. The fourth-order valence-corrected chi connectivity index (χ4v) is 3.26. The van der Waals surface area contributed by atoms with Crippen LogP contribution < -0.4 is 5.46 Å². The van der Waals surface area contributed by atoms with Crippen LogP contribution in [-0.2, 0) is 10.1 Å². The van der Waals surface area contributed by atoms with Crippen LogP contribution in [0, 0.1) is 11.3 Å². The average Bonchev–Trinajstić information content (AvgIpc) is 2.79. The molecule has 133 valence electrons. The Labute approximate surface area is 156 Å². The van der Waals surface area contributed by atoms with Crippen molar-refractivity contribution in [2.45, 2.75) is 58.2 Å². The average molecular weight is 346 g/mol. The summed E-state index contributed by atoms with van der Waals surface area (Å²) in [5.74, 6) is 0. The molecule has 0 unspecified atom stereocenters. The molecule has 0 amide bonds. The molecular formula is C22H25BNO2. The van der Waals surface area contributed by atoms with Crippen LogP contribution in [0.3, 0.4) is 0 Å². The standard InChI is InChI=1S/C22H25BNO2/c1-20(2)18-11-14(13-24)7-9-16(18)17-10-8-15(12-19(17)20)23-26-22(5,6)21(3,4)25/h7-12,25H,1-6H3. The summed E-state index contributed by atoms with van der Waals surface area (Å²) >= 11 is 0. The second-order valence-corrected chi connectivity index (χ2v) is 8.61. The smallest absolute Gasteiger partial charge is 0.330 e. The zero-order valence-electron chi connectivity index (χ0n) is 16.3. The zero-order chi connectivity index (χ0) is 19.3. The van der Waals surface area contributed by atoms with E-state index in [2.05, 4.69) is 32.0 Å². The molecule has 1 N–H and O–H groups in total. The first-order chi connectivity index (χ1) is 12.0. The first-order valence-electron chi connectivity index (χ1n) is 8.90. The van der Waals surface area contributed by atoms with Crippen LogP contribution in [0.15, 0.2) is 36.4 Å². The molecule has 3 nitrogen and oxygen atoms in total. The Morgan fingerprint density at radius 1 is 1.00 bits per heavy atom. The third-order valence-corrected chi connectivity index (χ3v) is 5.79. The SMILES string of the molecule is CC1(C)c2cc([B]OC(C)(C)C(C)(C)O)ccc2-c2ccc(C#N)cc21. The van der Waals surface area contributed by atoms with Gasteiger partial charge in [0, 0.05) is 5.41 Å². The molecule has 2 aromatic carbocycles. The molecule has 26 heavy (non-hydrogen) atoms. The van der Waals surface area contributed by atoms with Gasteiger partial charge in [-0.05, 0) is 62.1 Å². The second-order valence-electron chi connectivity index (χ2n) is 8.61. The Bertz CT molecular complexity index is 901. The third kappa shape index (κ3) is 2.96. The molecule has 0 aromatic heterocycles. The highest BCUT2D eigenvalue weighted by Gasteiger charge is 2.37. The van der Waals surface area contributed by atoms with Crippen molar-refractivity contribution in [3.8, 4) is 17.2 Å². The number of hydrogen-bond donors (Lipinski definition) is 1. The number of aliphatic hydroxyl groups is 1. The summed E-state index contributed by atoms with van der Waals surface area (Å²) < 4.78 is 5.90. The van der Waals surface area contributed by atoms with E-state index in [4.69, 9.17) is 4.65 Å². The van der Waals surface area contributed by atoms with Crippen molar-refractivity contribution in [2.24, 2.45) is 0 Å². The van der Waals surface area contributed by atoms with Gasteiger partial charge >= 0.3 is 7.48 Å². The van der Waals surface area contributed by atoms with Crippen LogP contribution in [0.5, 0.6) is 0 Å². The van der Waals surface area contributed by atoms with Crippen molar-refractivity contribution in [1.82, 2.24) is 0 Å². The molecule has 0 spiro atoms. The normalized spacial score (nSPS) is 15.2. The van der Waals surface area contributed by atoms with Gasteiger partial charge in [0.05, 0.1) is 22.8 Å². The lowest BCUT2D eigenvalue weighted by molar-refractivity contribution is -0.0893. The molecule has 0 heterocycles. The first-order valence-corrected chi connectivity index (χ1v) is 8.90. The van der Waals surface area contributed by atoms with Gasteiger partial charge in [0.25, 0.3) is 0 Å². The molecule has 0 bridgehead atoms. The maximum atomic E-state index is 10.3. The summed E-state index contributed by atoms with van der Waals surface area (Å²) in [6, 6.07) is 14.4. The molecule has 0 atom stereocenters. The highest BCUT2D eigenvalue weighted by atomic mass is 16.5. The van der Waals surface area contributed by atoms with E-state index in [1.54, 1.807) is 21.3 Å². The van der Waals surface area contributed by atoms with Crippen LogP contribution in [0.25, 0.3) is 11.1 Å². The fourth-order valence-electron chi connectivity index (χ4n) is 3.26. The van der Waals surface area contributed by atoms with Crippen LogP contribution in [0.4, 0.5) is 0 Å². The van der Waals surface area contributed by atoms with Gasteiger partial charge in [0.15, 0.2) is 0 Å². The maximum Gasteiger partial charge on any atom is 0.330 e. The Morgan fingerprint density at radius 3 is 2.15 bits per heavy atom. The van der Waals surface area contributed by atoms with Crippen LogP contribution >= 0.6 is 0 Å². The summed E-state index contributed by atoms with van der Waals surface area (Å²) in [6.45, 7) is 11.6. The molecule has 1 radical (unpaired) electrons. The molecular weight excluding hydrogens is 321 g/mol. The maximum absolute atomic E-state index is 10.3. The molecule has 0 fully saturated rings. The molecule has 0 saturated heterocycles. The molecule has 0 aliphatic heterocycles. The summed E-state index contributed by atoms with van der Waals surface area (Å²) in [4.78, 5) is 0. The van der Waals surface area contributed by atoms with Gasteiger partial charge in [-0.25, -0.2) is 0 Å². The van der Waals surface area contributed by atoms with Crippen molar-refractivity contribution in [2.75, 3.05) is 0 Å². The van der Waals surface area contributed by atoms with Gasteiger partial charge in [-0.2, -0.15) is 5.26 Å². The molecule has 1 aliphatic rings. The van der Waals surface area contributed by atoms with E-state index in [0.717, 1.165) is 5.46 Å². The van der Waals surface area contributed by atoms with Crippen molar-refractivity contribution in [3.63, 3.8) is 0 Å². The van der Waals surface area contributed by atoms with Gasteiger partial charge in [0.2, 0.25) is 0 Å². The fraction of sp³-hybridized carbons (Fsp3) is 0.409. The summed E-state index contributed by atoms with van der Waals surface area (Å²) in [5, 5.41) is 19.5. The number of rotatable bonds is 4. The number of nitriles is 1. The minimum atomic E-state index is -0.955. The largest absolute Gasteiger partial charge is 0.427 e. The molecule has 0 saturated carbocycles. The lowest BCUT2D eigenvalue weighted by Gasteiger charge is -2.37. The zero-order valence-corrected chi connectivity index (χ0v) is 16.3. The van der Waals surface area contributed by atoms with Gasteiger partial charge < -0.3 is 9.76 Å². The quantitative estimate of drug-likeness (QED) is 0.860. The van der Waals surface area contributed by atoms with E-state index in [1.165, 1.54) is 22.3 Å². The van der Waals surface area contributed by atoms with E-state index < -0.39 is 11.2 Å². The third-order valence-electron chi connectivity index (χ3n) is 5.79. The Hall–Kier alpha value is -2.09. The molecule has 3 rings (SSSR count). The monoisotopic (exact) mass is 346 g/mol. The van der Waals surface area contributed by atoms with E-state index in [1.807, 2.05) is 38.1 Å². The lowest BCUT2D eigenvalue weighted by Crippen LogP contribution is -2.49. The number of nitrogens with zero attached hydrogens (tertiary/aromatic N) is 1.